The Morgan fingerprint density at radius 2 is 1.76 bits per heavy atom. The molecule has 0 aliphatic rings. The van der Waals surface area contributed by atoms with Gasteiger partial charge in [-0.1, -0.05) is 12.1 Å². The molecule has 0 unspecified atom stereocenters. The molecule has 6 heteroatoms. The summed E-state index contributed by atoms with van der Waals surface area (Å²) in [4.78, 5) is 23.6. The Morgan fingerprint density at radius 3 is 2.36 bits per heavy atom. The number of rotatable bonds is 5. The number of carbonyl (C=O) groups excluding carboxylic acids is 2. The molecule has 0 aliphatic carbocycles. The van der Waals surface area contributed by atoms with Crippen molar-refractivity contribution in [3.63, 3.8) is 0 Å². The van der Waals surface area contributed by atoms with E-state index in [9.17, 15) is 9.59 Å². The summed E-state index contributed by atoms with van der Waals surface area (Å²) in [6.07, 6.45) is 1.36. The number of nitriles is 1. The molecular formula is C19H15NO5. The predicted molar refractivity (Wildman–Crippen MR) is 90.0 cm³/mol. The van der Waals surface area contributed by atoms with Crippen LogP contribution >= 0.6 is 0 Å². The summed E-state index contributed by atoms with van der Waals surface area (Å²) >= 11 is 0. The van der Waals surface area contributed by atoms with Crippen LogP contribution in [-0.2, 0) is 9.53 Å². The first-order valence-corrected chi connectivity index (χ1v) is 7.23. The number of esters is 2. The highest BCUT2D eigenvalue weighted by molar-refractivity contribution is 5.98. The van der Waals surface area contributed by atoms with E-state index in [0.717, 1.165) is 0 Å². The molecule has 0 heterocycles. The third kappa shape index (κ3) is 4.69. The van der Waals surface area contributed by atoms with Crippen molar-refractivity contribution in [2.45, 2.75) is 0 Å². The van der Waals surface area contributed by atoms with Crippen molar-refractivity contribution >= 4 is 18.0 Å². The molecule has 6 nitrogen and oxygen atoms in total. The molecule has 0 bridgehead atoms. The first kappa shape index (κ1) is 17.8. The van der Waals surface area contributed by atoms with Gasteiger partial charge >= 0.3 is 11.9 Å². The molecule has 0 radical (unpaired) electrons. The van der Waals surface area contributed by atoms with Crippen molar-refractivity contribution in [3.05, 3.63) is 65.2 Å². The first-order chi connectivity index (χ1) is 12.1. The maximum absolute atomic E-state index is 12.2. The summed E-state index contributed by atoms with van der Waals surface area (Å²) < 4.78 is 14.9. The van der Waals surface area contributed by atoms with Crippen molar-refractivity contribution in [2.24, 2.45) is 0 Å². The molecule has 0 atom stereocenters. The number of ether oxygens (including phenoxy) is 3. The van der Waals surface area contributed by atoms with Gasteiger partial charge in [-0.3, -0.25) is 0 Å². The molecule has 0 N–H and O–H groups in total. The summed E-state index contributed by atoms with van der Waals surface area (Å²) in [7, 11) is 2.73. The topological polar surface area (TPSA) is 85.6 Å². The van der Waals surface area contributed by atoms with E-state index in [2.05, 4.69) is 4.74 Å². The Hall–Kier alpha value is -3.59. The second-order valence-electron chi connectivity index (χ2n) is 4.85. The smallest absolute Gasteiger partial charge is 0.348 e. The molecular weight excluding hydrogens is 322 g/mol. The number of carbonyl (C=O) groups is 2. The number of benzene rings is 2. The minimum absolute atomic E-state index is 0.152. The Balaban J connectivity index is 2.18. The fourth-order valence-electron chi connectivity index (χ4n) is 1.97. The zero-order chi connectivity index (χ0) is 18.2. The lowest BCUT2D eigenvalue weighted by molar-refractivity contribution is -0.135. The van der Waals surface area contributed by atoms with Gasteiger partial charge in [-0.2, -0.15) is 5.26 Å². The SMILES string of the molecule is COC(=O)/C(C#N)=C/c1cccc(OC(=O)c2ccc(OC)cc2)c1. The zero-order valence-electron chi connectivity index (χ0n) is 13.7. The highest BCUT2D eigenvalue weighted by Gasteiger charge is 2.11. The number of methoxy groups -OCH3 is 2. The van der Waals surface area contributed by atoms with Gasteiger partial charge in [0.2, 0.25) is 0 Å². The molecule has 0 saturated heterocycles. The van der Waals surface area contributed by atoms with E-state index < -0.39 is 11.9 Å². The highest BCUT2D eigenvalue weighted by atomic mass is 16.5. The zero-order valence-corrected chi connectivity index (χ0v) is 13.7. The lowest BCUT2D eigenvalue weighted by Gasteiger charge is -2.06. The van der Waals surface area contributed by atoms with Crippen molar-refractivity contribution < 1.29 is 23.8 Å². The largest absolute Gasteiger partial charge is 0.497 e. The molecule has 126 valence electrons. The van der Waals surface area contributed by atoms with E-state index in [1.807, 2.05) is 0 Å². The quantitative estimate of drug-likeness (QED) is 0.361. The van der Waals surface area contributed by atoms with Crippen LogP contribution in [0, 0.1) is 11.3 Å². The second-order valence-corrected chi connectivity index (χ2v) is 4.85. The van der Waals surface area contributed by atoms with Gasteiger partial charge in [-0.25, -0.2) is 9.59 Å². The third-order valence-corrected chi connectivity index (χ3v) is 3.23. The molecule has 0 aromatic heterocycles. The number of hydrogen-bond donors (Lipinski definition) is 0. The van der Waals surface area contributed by atoms with Crippen molar-refractivity contribution in [2.75, 3.05) is 14.2 Å². The normalized spacial score (nSPS) is 10.5. The minimum Gasteiger partial charge on any atom is -0.497 e. The molecule has 25 heavy (non-hydrogen) atoms. The van der Waals surface area contributed by atoms with E-state index in [1.54, 1.807) is 54.6 Å². The van der Waals surface area contributed by atoms with Crippen LogP contribution in [-0.4, -0.2) is 26.2 Å². The second kappa shape index (κ2) is 8.31. The minimum atomic E-state index is -0.733. The summed E-state index contributed by atoms with van der Waals surface area (Å²) in [5, 5.41) is 8.98. The molecule has 0 aliphatic heterocycles. The van der Waals surface area contributed by atoms with Crippen molar-refractivity contribution in [3.8, 4) is 17.6 Å². The summed E-state index contributed by atoms with van der Waals surface area (Å²) in [6, 6.07) is 14.7. The van der Waals surface area contributed by atoms with E-state index >= 15 is 0 Å². The molecule has 0 fully saturated rings. The summed E-state index contributed by atoms with van der Waals surface area (Å²) in [5.41, 5.74) is 0.747. The third-order valence-electron chi connectivity index (χ3n) is 3.23. The standard InChI is InChI=1S/C19H15NO5/c1-23-16-8-6-14(7-9-16)19(22)25-17-5-3-4-13(11-17)10-15(12-20)18(21)24-2/h3-11H,1-2H3/b15-10+. The van der Waals surface area contributed by atoms with Gasteiger partial charge in [-0.05, 0) is 48.0 Å². The van der Waals surface area contributed by atoms with Gasteiger partial charge in [0.25, 0.3) is 0 Å². The van der Waals surface area contributed by atoms with Crippen LogP contribution in [0.3, 0.4) is 0 Å². The molecule has 2 rings (SSSR count). The van der Waals surface area contributed by atoms with Crippen LogP contribution in [0.2, 0.25) is 0 Å². The van der Waals surface area contributed by atoms with E-state index in [-0.39, 0.29) is 11.3 Å². The first-order valence-electron chi connectivity index (χ1n) is 7.23. The van der Waals surface area contributed by atoms with E-state index in [1.165, 1.54) is 20.3 Å². The summed E-state index contributed by atoms with van der Waals surface area (Å²) in [6.45, 7) is 0. The predicted octanol–water partition coefficient (Wildman–Crippen LogP) is 2.99. The van der Waals surface area contributed by atoms with E-state index in [4.69, 9.17) is 14.7 Å². The summed E-state index contributed by atoms with van der Waals surface area (Å²) in [5.74, 6) is -0.340. The van der Waals surface area contributed by atoms with Gasteiger partial charge in [0.15, 0.2) is 0 Å². The Morgan fingerprint density at radius 1 is 1.04 bits per heavy atom. The molecule has 0 saturated carbocycles. The average molecular weight is 337 g/mol. The molecule has 0 spiro atoms. The van der Waals surface area contributed by atoms with Gasteiger partial charge in [0.05, 0.1) is 19.8 Å². The van der Waals surface area contributed by atoms with Crippen molar-refractivity contribution in [1.82, 2.24) is 0 Å². The molecule has 2 aromatic rings. The Bertz CT molecular complexity index is 847. The van der Waals surface area contributed by atoms with E-state index in [0.29, 0.717) is 16.9 Å². The monoisotopic (exact) mass is 337 g/mol. The number of hydrogen-bond acceptors (Lipinski definition) is 6. The lowest BCUT2D eigenvalue weighted by Crippen LogP contribution is -2.08. The fourth-order valence-corrected chi connectivity index (χ4v) is 1.97. The maximum Gasteiger partial charge on any atom is 0.348 e. The molecule has 2 aromatic carbocycles. The average Bonchev–Trinajstić information content (AvgIpc) is 2.65. The van der Waals surface area contributed by atoms with Crippen LogP contribution in [0.5, 0.6) is 11.5 Å². The highest BCUT2D eigenvalue weighted by Crippen LogP contribution is 2.19. The fraction of sp³-hybridized carbons (Fsp3) is 0.105. The van der Waals surface area contributed by atoms with Crippen LogP contribution in [0.15, 0.2) is 54.1 Å². The van der Waals surface area contributed by atoms with Gasteiger partial charge in [-0.15, -0.1) is 0 Å². The lowest BCUT2D eigenvalue weighted by atomic mass is 10.1. The van der Waals surface area contributed by atoms with Crippen LogP contribution in [0.1, 0.15) is 15.9 Å². The molecule has 0 amide bonds. The number of nitrogens with zero attached hydrogens (tertiary/aromatic N) is 1. The van der Waals surface area contributed by atoms with Gasteiger partial charge in [0, 0.05) is 0 Å². The van der Waals surface area contributed by atoms with Crippen LogP contribution < -0.4 is 9.47 Å². The maximum atomic E-state index is 12.2. The van der Waals surface area contributed by atoms with Crippen LogP contribution in [0.4, 0.5) is 0 Å². The van der Waals surface area contributed by atoms with Crippen LogP contribution in [0.25, 0.3) is 6.08 Å². The van der Waals surface area contributed by atoms with Gasteiger partial charge < -0.3 is 14.2 Å². The van der Waals surface area contributed by atoms with Gasteiger partial charge in [0.1, 0.15) is 23.1 Å². The Labute approximate surface area is 144 Å². The Kier molecular flexibility index (Phi) is 5.91. The van der Waals surface area contributed by atoms with Crippen molar-refractivity contribution in [1.29, 1.82) is 5.26 Å².